The first kappa shape index (κ1) is 14.8. The van der Waals surface area contributed by atoms with E-state index in [2.05, 4.69) is 9.71 Å². The number of aromatic nitrogens is 1. The largest absolute Gasteiger partial charge is 0.478 e. The van der Waals surface area contributed by atoms with Crippen LogP contribution in [0, 0.1) is 6.92 Å². The monoisotopic (exact) mass is 307 g/mol. The van der Waals surface area contributed by atoms with Gasteiger partial charge in [-0.15, -0.1) is 0 Å². The SMILES string of the molecule is Cc1cncc(NS(=O)(=O)c2ccc(N)cc2C(=O)O)c1. The van der Waals surface area contributed by atoms with Crippen LogP contribution in [0.3, 0.4) is 0 Å². The molecule has 0 unspecified atom stereocenters. The van der Waals surface area contributed by atoms with Crippen molar-refractivity contribution < 1.29 is 18.3 Å². The van der Waals surface area contributed by atoms with Crippen LogP contribution < -0.4 is 10.5 Å². The molecular weight excluding hydrogens is 294 g/mol. The van der Waals surface area contributed by atoms with Gasteiger partial charge in [0.25, 0.3) is 10.0 Å². The summed E-state index contributed by atoms with van der Waals surface area (Å²) >= 11 is 0. The molecule has 2 aromatic rings. The van der Waals surface area contributed by atoms with Gasteiger partial charge in [-0.2, -0.15) is 0 Å². The smallest absolute Gasteiger partial charge is 0.337 e. The first-order valence-electron chi connectivity index (χ1n) is 5.87. The standard InChI is InChI=1S/C13H13N3O4S/c1-8-4-10(7-15-6-8)16-21(19,20)12-3-2-9(14)5-11(12)13(17)18/h2-7,16H,14H2,1H3,(H,17,18). The third-order valence-electron chi connectivity index (χ3n) is 2.65. The topological polar surface area (TPSA) is 122 Å². The van der Waals surface area contributed by atoms with Crippen molar-refractivity contribution in [3.63, 3.8) is 0 Å². The van der Waals surface area contributed by atoms with Gasteiger partial charge >= 0.3 is 5.97 Å². The molecule has 1 heterocycles. The molecule has 1 aromatic carbocycles. The molecule has 7 nitrogen and oxygen atoms in total. The number of nitrogens with zero attached hydrogens (tertiary/aromatic N) is 1. The molecule has 110 valence electrons. The van der Waals surface area contributed by atoms with Gasteiger partial charge in [0.1, 0.15) is 4.90 Å². The molecule has 0 fully saturated rings. The number of pyridine rings is 1. The zero-order valence-electron chi connectivity index (χ0n) is 11.1. The molecule has 1 aromatic heterocycles. The minimum atomic E-state index is -4.05. The Morgan fingerprint density at radius 3 is 2.62 bits per heavy atom. The lowest BCUT2D eigenvalue weighted by molar-refractivity contribution is 0.0692. The Hall–Kier alpha value is -2.61. The summed E-state index contributed by atoms with van der Waals surface area (Å²) in [6.07, 6.45) is 2.91. The van der Waals surface area contributed by atoms with E-state index in [1.165, 1.54) is 12.3 Å². The summed E-state index contributed by atoms with van der Waals surface area (Å²) in [5.41, 5.74) is 6.30. The summed E-state index contributed by atoms with van der Waals surface area (Å²) in [4.78, 5) is 14.7. The van der Waals surface area contributed by atoms with Crippen LogP contribution in [0.25, 0.3) is 0 Å². The molecule has 21 heavy (non-hydrogen) atoms. The molecule has 8 heteroatoms. The molecular formula is C13H13N3O4S. The van der Waals surface area contributed by atoms with Crippen LogP contribution in [0.1, 0.15) is 15.9 Å². The number of hydrogen-bond acceptors (Lipinski definition) is 5. The molecule has 2 rings (SSSR count). The zero-order chi connectivity index (χ0) is 15.6. The number of hydrogen-bond donors (Lipinski definition) is 3. The summed E-state index contributed by atoms with van der Waals surface area (Å²) in [5.74, 6) is -1.37. The predicted molar refractivity (Wildman–Crippen MR) is 77.6 cm³/mol. The van der Waals surface area contributed by atoms with E-state index in [-0.39, 0.29) is 21.8 Å². The number of rotatable bonds is 4. The number of carboxylic acids is 1. The van der Waals surface area contributed by atoms with E-state index < -0.39 is 16.0 Å². The fourth-order valence-electron chi connectivity index (χ4n) is 1.77. The highest BCUT2D eigenvalue weighted by atomic mass is 32.2. The normalized spacial score (nSPS) is 11.1. The summed E-state index contributed by atoms with van der Waals surface area (Å²) < 4.78 is 26.9. The van der Waals surface area contributed by atoms with Crippen molar-refractivity contribution in [2.45, 2.75) is 11.8 Å². The zero-order valence-corrected chi connectivity index (χ0v) is 11.9. The molecule has 0 bridgehead atoms. The van der Waals surface area contributed by atoms with Gasteiger partial charge in [0.05, 0.1) is 17.4 Å². The highest BCUT2D eigenvalue weighted by Crippen LogP contribution is 2.22. The molecule has 0 radical (unpaired) electrons. The van der Waals surface area contributed by atoms with Crippen molar-refractivity contribution in [1.29, 1.82) is 0 Å². The van der Waals surface area contributed by atoms with Crippen molar-refractivity contribution in [3.05, 3.63) is 47.8 Å². The van der Waals surface area contributed by atoms with E-state index in [4.69, 9.17) is 10.8 Å². The fraction of sp³-hybridized carbons (Fsp3) is 0.0769. The number of sulfonamides is 1. The Balaban J connectivity index is 2.47. The molecule has 0 aliphatic heterocycles. The number of anilines is 2. The Bertz CT molecular complexity index is 803. The van der Waals surface area contributed by atoms with E-state index >= 15 is 0 Å². The molecule has 0 aliphatic rings. The Morgan fingerprint density at radius 1 is 1.29 bits per heavy atom. The Labute approximate surface area is 121 Å². The lowest BCUT2D eigenvalue weighted by atomic mass is 10.2. The summed E-state index contributed by atoms with van der Waals surface area (Å²) in [5, 5.41) is 9.10. The quantitative estimate of drug-likeness (QED) is 0.735. The average Bonchev–Trinajstić information content (AvgIpc) is 2.37. The van der Waals surface area contributed by atoms with Crippen LogP contribution in [0.15, 0.2) is 41.6 Å². The van der Waals surface area contributed by atoms with Gasteiger partial charge < -0.3 is 10.8 Å². The molecule has 4 N–H and O–H groups in total. The van der Waals surface area contributed by atoms with Gasteiger partial charge in [0.2, 0.25) is 0 Å². The van der Waals surface area contributed by atoms with Gasteiger partial charge in [-0.05, 0) is 36.8 Å². The van der Waals surface area contributed by atoms with Crippen LogP contribution in [-0.4, -0.2) is 24.5 Å². The highest BCUT2D eigenvalue weighted by Gasteiger charge is 2.22. The Kier molecular flexibility index (Phi) is 3.81. The van der Waals surface area contributed by atoms with Crippen LogP contribution in [0.4, 0.5) is 11.4 Å². The second kappa shape index (κ2) is 5.41. The molecule has 0 spiro atoms. The van der Waals surface area contributed by atoms with Crippen molar-refractivity contribution in [1.82, 2.24) is 4.98 Å². The number of benzene rings is 1. The molecule has 0 saturated heterocycles. The number of aromatic carboxylic acids is 1. The minimum Gasteiger partial charge on any atom is -0.478 e. The first-order chi connectivity index (χ1) is 9.79. The number of nitrogens with two attached hydrogens (primary N) is 1. The van der Waals surface area contributed by atoms with E-state index in [9.17, 15) is 13.2 Å². The maximum Gasteiger partial charge on any atom is 0.337 e. The fourth-order valence-corrected chi connectivity index (χ4v) is 2.98. The summed E-state index contributed by atoms with van der Waals surface area (Å²) in [7, 11) is -4.05. The van der Waals surface area contributed by atoms with E-state index in [0.717, 1.165) is 17.7 Å². The summed E-state index contributed by atoms with van der Waals surface area (Å²) in [6, 6.07) is 5.17. The second-order valence-corrected chi connectivity index (χ2v) is 6.07. The molecule has 0 atom stereocenters. The third-order valence-corrected chi connectivity index (χ3v) is 4.09. The van der Waals surface area contributed by atoms with Crippen LogP contribution >= 0.6 is 0 Å². The summed E-state index contributed by atoms with van der Waals surface area (Å²) in [6.45, 7) is 1.76. The second-order valence-electron chi connectivity index (χ2n) is 4.42. The van der Waals surface area contributed by atoms with Gasteiger partial charge in [0.15, 0.2) is 0 Å². The minimum absolute atomic E-state index is 0.170. The third kappa shape index (κ3) is 3.29. The van der Waals surface area contributed by atoms with Gasteiger partial charge in [-0.1, -0.05) is 0 Å². The first-order valence-corrected chi connectivity index (χ1v) is 7.35. The number of carbonyl (C=O) groups is 1. The van der Waals surface area contributed by atoms with Crippen molar-refractivity contribution in [2.24, 2.45) is 0 Å². The predicted octanol–water partition coefficient (Wildman–Crippen LogP) is 1.47. The van der Waals surface area contributed by atoms with Crippen LogP contribution in [0.5, 0.6) is 0 Å². The highest BCUT2D eigenvalue weighted by molar-refractivity contribution is 7.92. The lowest BCUT2D eigenvalue weighted by Crippen LogP contribution is -2.17. The van der Waals surface area contributed by atoms with Gasteiger partial charge in [-0.3, -0.25) is 9.71 Å². The number of carboxylic acid groups (broad SMARTS) is 1. The molecule has 0 aliphatic carbocycles. The molecule has 0 saturated carbocycles. The number of aryl methyl sites for hydroxylation is 1. The van der Waals surface area contributed by atoms with Crippen molar-refractivity contribution in [3.8, 4) is 0 Å². The van der Waals surface area contributed by atoms with E-state index in [0.29, 0.717) is 0 Å². The maximum absolute atomic E-state index is 12.3. The maximum atomic E-state index is 12.3. The molecule has 0 amide bonds. The van der Waals surface area contributed by atoms with Crippen molar-refractivity contribution >= 4 is 27.4 Å². The van der Waals surface area contributed by atoms with E-state index in [1.807, 2.05) is 0 Å². The van der Waals surface area contributed by atoms with Crippen LogP contribution in [0.2, 0.25) is 0 Å². The lowest BCUT2D eigenvalue weighted by Gasteiger charge is -2.11. The van der Waals surface area contributed by atoms with E-state index in [1.54, 1.807) is 19.2 Å². The number of nitrogen functional groups attached to an aromatic ring is 1. The van der Waals surface area contributed by atoms with Crippen LogP contribution in [-0.2, 0) is 10.0 Å². The van der Waals surface area contributed by atoms with Crippen molar-refractivity contribution in [2.75, 3.05) is 10.5 Å². The Morgan fingerprint density at radius 2 is 2.00 bits per heavy atom. The van der Waals surface area contributed by atoms with Gasteiger partial charge in [0, 0.05) is 11.9 Å². The number of nitrogens with one attached hydrogen (secondary N) is 1. The average molecular weight is 307 g/mol. The van der Waals surface area contributed by atoms with Gasteiger partial charge in [-0.25, -0.2) is 13.2 Å².